The van der Waals surface area contributed by atoms with Crippen LogP contribution in [0.4, 0.5) is 0 Å². The topological polar surface area (TPSA) is 47.6 Å². The second-order valence-electron chi connectivity index (χ2n) is 4.87. The highest BCUT2D eigenvalue weighted by molar-refractivity contribution is 5.92. The molecule has 4 nitrogen and oxygen atoms in total. The second-order valence-corrected chi connectivity index (χ2v) is 4.87. The van der Waals surface area contributed by atoms with Gasteiger partial charge in [-0.25, -0.2) is 0 Å². The highest BCUT2D eigenvalue weighted by Gasteiger charge is 2.01. The van der Waals surface area contributed by atoms with E-state index in [-0.39, 0.29) is 5.91 Å². The van der Waals surface area contributed by atoms with Crippen molar-refractivity contribution in [3.8, 4) is 11.5 Å². The molecule has 1 N–H and O–H groups in total. The van der Waals surface area contributed by atoms with E-state index in [1.165, 1.54) is 6.08 Å². The van der Waals surface area contributed by atoms with Gasteiger partial charge in [-0.3, -0.25) is 4.79 Å². The molecule has 120 valence electrons. The van der Waals surface area contributed by atoms with Gasteiger partial charge in [0.1, 0.15) is 11.5 Å². The lowest BCUT2D eigenvalue weighted by Gasteiger charge is -2.06. The Balaban J connectivity index is 1.91. The highest BCUT2D eigenvalue weighted by atomic mass is 16.5. The van der Waals surface area contributed by atoms with Crippen molar-refractivity contribution in [3.63, 3.8) is 0 Å². The van der Waals surface area contributed by atoms with Crippen LogP contribution in [0.5, 0.6) is 11.5 Å². The Bertz CT molecular complexity index is 663. The predicted octanol–water partition coefficient (Wildman–Crippen LogP) is 3.42. The van der Waals surface area contributed by atoms with Gasteiger partial charge < -0.3 is 14.8 Å². The molecule has 0 heterocycles. The first kappa shape index (κ1) is 16.6. The maximum atomic E-state index is 11.9. The van der Waals surface area contributed by atoms with Crippen molar-refractivity contribution in [2.75, 3.05) is 13.7 Å². The van der Waals surface area contributed by atoms with Crippen molar-refractivity contribution in [2.24, 2.45) is 0 Å². The van der Waals surface area contributed by atoms with E-state index in [2.05, 4.69) is 5.32 Å². The first-order chi connectivity index (χ1) is 11.2. The molecule has 0 radical (unpaired) electrons. The smallest absolute Gasteiger partial charge is 0.244 e. The van der Waals surface area contributed by atoms with Gasteiger partial charge in [0, 0.05) is 18.2 Å². The molecular formula is C19H21NO3. The molecule has 0 saturated heterocycles. The first-order valence-electron chi connectivity index (χ1n) is 7.53. The van der Waals surface area contributed by atoms with Crippen molar-refractivity contribution in [3.05, 3.63) is 65.7 Å². The standard InChI is InChI=1S/C19H21NO3/c1-3-23-18-7-5-4-6-16(18)10-13-19(21)20-14-15-8-11-17(22-2)12-9-15/h4-13H,3,14H2,1-2H3,(H,20,21)/b13-10+. The lowest BCUT2D eigenvalue weighted by atomic mass is 10.2. The van der Waals surface area contributed by atoms with Gasteiger partial charge in [0.05, 0.1) is 13.7 Å². The summed E-state index contributed by atoms with van der Waals surface area (Å²) >= 11 is 0. The Morgan fingerprint density at radius 1 is 1.13 bits per heavy atom. The fourth-order valence-corrected chi connectivity index (χ4v) is 2.06. The van der Waals surface area contributed by atoms with Gasteiger partial charge in [-0.05, 0) is 36.8 Å². The van der Waals surface area contributed by atoms with E-state index in [0.717, 1.165) is 22.6 Å². The van der Waals surface area contributed by atoms with Crippen LogP contribution in [0.15, 0.2) is 54.6 Å². The van der Waals surface area contributed by atoms with Crippen molar-refractivity contribution in [1.29, 1.82) is 0 Å². The molecule has 23 heavy (non-hydrogen) atoms. The third kappa shape index (κ3) is 5.18. The third-order valence-corrected chi connectivity index (χ3v) is 3.26. The van der Waals surface area contributed by atoms with E-state index < -0.39 is 0 Å². The van der Waals surface area contributed by atoms with Crippen LogP contribution < -0.4 is 14.8 Å². The van der Waals surface area contributed by atoms with E-state index in [9.17, 15) is 4.79 Å². The molecule has 0 atom stereocenters. The van der Waals surface area contributed by atoms with Gasteiger partial charge in [-0.2, -0.15) is 0 Å². The minimum Gasteiger partial charge on any atom is -0.497 e. The number of amides is 1. The van der Waals surface area contributed by atoms with Crippen LogP contribution in [0.1, 0.15) is 18.1 Å². The Morgan fingerprint density at radius 3 is 2.57 bits per heavy atom. The van der Waals surface area contributed by atoms with Crippen LogP contribution in [-0.2, 0) is 11.3 Å². The molecule has 0 aliphatic carbocycles. The Kier molecular flexibility index (Phi) is 6.24. The molecule has 0 aliphatic rings. The van der Waals surface area contributed by atoms with Crippen LogP contribution in [0.25, 0.3) is 6.08 Å². The molecule has 0 aromatic heterocycles. The molecule has 1 amide bonds. The second kappa shape index (κ2) is 8.63. The van der Waals surface area contributed by atoms with Gasteiger partial charge in [0.2, 0.25) is 5.91 Å². The highest BCUT2D eigenvalue weighted by Crippen LogP contribution is 2.19. The lowest BCUT2D eigenvalue weighted by molar-refractivity contribution is -0.116. The summed E-state index contributed by atoms with van der Waals surface area (Å²) in [6.45, 7) is 3.00. The molecule has 0 saturated carbocycles. The molecule has 2 rings (SSSR count). The van der Waals surface area contributed by atoms with Gasteiger partial charge in [-0.15, -0.1) is 0 Å². The van der Waals surface area contributed by atoms with Crippen molar-refractivity contribution in [1.82, 2.24) is 5.32 Å². The summed E-state index contributed by atoms with van der Waals surface area (Å²) in [5.74, 6) is 1.42. The number of rotatable bonds is 7. The maximum absolute atomic E-state index is 11.9. The SMILES string of the molecule is CCOc1ccccc1/C=C/C(=O)NCc1ccc(OC)cc1. The number of carbonyl (C=O) groups is 1. The maximum Gasteiger partial charge on any atom is 0.244 e. The van der Waals surface area contributed by atoms with E-state index in [4.69, 9.17) is 9.47 Å². The predicted molar refractivity (Wildman–Crippen MR) is 91.5 cm³/mol. The summed E-state index contributed by atoms with van der Waals surface area (Å²) in [7, 11) is 1.63. The number of benzene rings is 2. The van der Waals surface area contributed by atoms with Gasteiger partial charge in [0.15, 0.2) is 0 Å². The number of hydrogen-bond acceptors (Lipinski definition) is 3. The quantitative estimate of drug-likeness (QED) is 0.797. The zero-order chi connectivity index (χ0) is 16.5. The number of ether oxygens (including phenoxy) is 2. The first-order valence-corrected chi connectivity index (χ1v) is 7.53. The normalized spacial score (nSPS) is 10.5. The third-order valence-electron chi connectivity index (χ3n) is 3.26. The summed E-state index contributed by atoms with van der Waals surface area (Å²) in [6.07, 6.45) is 3.27. The largest absolute Gasteiger partial charge is 0.497 e. The molecule has 0 bridgehead atoms. The van der Waals surface area contributed by atoms with Crippen LogP contribution in [0, 0.1) is 0 Å². The summed E-state index contributed by atoms with van der Waals surface area (Å²) in [5.41, 5.74) is 1.90. The zero-order valence-electron chi connectivity index (χ0n) is 13.4. The minimum absolute atomic E-state index is 0.146. The van der Waals surface area contributed by atoms with E-state index in [1.54, 1.807) is 13.2 Å². The van der Waals surface area contributed by atoms with Gasteiger partial charge in [-0.1, -0.05) is 30.3 Å². The van der Waals surface area contributed by atoms with E-state index >= 15 is 0 Å². The van der Waals surface area contributed by atoms with Gasteiger partial charge >= 0.3 is 0 Å². The van der Waals surface area contributed by atoms with Crippen LogP contribution >= 0.6 is 0 Å². The Labute approximate surface area is 136 Å². The van der Waals surface area contributed by atoms with Crippen LogP contribution in [0.3, 0.4) is 0 Å². The molecule has 2 aromatic carbocycles. The fourth-order valence-electron chi connectivity index (χ4n) is 2.06. The summed E-state index contributed by atoms with van der Waals surface area (Å²) in [4.78, 5) is 11.9. The lowest BCUT2D eigenvalue weighted by Crippen LogP contribution is -2.20. The van der Waals surface area contributed by atoms with Gasteiger partial charge in [0.25, 0.3) is 0 Å². The Hall–Kier alpha value is -2.75. The van der Waals surface area contributed by atoms with Crippen molar-refractivity contribution < 1.29 is 14.3 Å². The summed E-state index contributed by atoms with van der Waals surface area (Å²) in [6, 6.07) is 15.2. The zero-order valence-corrected chi connectivity index (χ0v) is 13.4. The monoisotopic (exact) mass is 311 g/mol. The molecular weight excluding hydrogens is 290 g/mol. The van der Waals surface area contributed by atoms with E-state index in [1.807, 2.05) is 55.5 Å². The summed E-state index contributed by atoms with van der Waals surface area (Å²) < 4.78 is 10.6. The number of para-hydroxylation sites is 1. The fraction of sp³-hybridized carbons (Fsp3) is 0.211. The van der Waals surface area contributed by atoms with Crippen LogP contribution in [-0.4, -0.2) is 19.6 Å². The molecule has 0 aliphatic heterocycles. The van der Waals surface area contributed by atoms with Crippen molar-refractivity contribution in [2.45, 2.75) is 13.5 Å². The van der Waals surface area contributed by atoms with E-state index in [0.29, 0.717) is 13.2 Å². The van der Waals surface area contributed by atoms with Crippen LogP contribution in [0.2, 0.25) is 0 Å². The molecule has 0 fully saturated rings. The molecule has 4 heteroatoms. The number of hydrogen-bond donors (Lipinski definition) is 1. The number of carbonyl (C=O) groups excluding carboxylic acids is 1. The average Bonchev–Trinajstić information content (AvgIpc) is 2.60. The van der Waals surface area contributed by atoms with Crippen molar-refractivity contribution >= 4 is 12.0 Å². The Morgan fingerprint density at radius 2 is 1.87 bits per heavy atom. The average molecular weight is 311 g/mol. The summed E-state index contributed by atoms with van der Waals surface area (Å²) in [5, 5.41) is 2.85. The molecule has 0 spiro atoms. The minimum atomic E-state index is -0.146. The molecule has 2 aromatic rings. The molecule has 0 unspecified atom stereocenters. The number of methoxy groups -OCH3 is 1. The number of nitrogens with one attached hydrogen (secondary N) is 1.